The van der Waals surface area contributed by atoms with Gasteiger partial charge in [-0.05, 0) is 19.3 Å². The Labute approximate surface area is 84.3 Å². The molecule has 0 bridgehead atoms. The van der Waals surface area contributed by atoms with Crippen LogP contribution < -0.4 is 5.73 Å². The highest BCUT2D eigenvalue weighted by molar-refractivity contribution is 7.80. The Morgan fingerprint density at radius 1 is 1.62 bits per heavy atom. The summed E-state index contributed by atoms with van der Waals surface area (Å²) in [4.78, 5) is 13.8. The van der Waals surface area contributed by atoms with Gasteiger partial charge < -0.3 is 10.6 Å². The van der Waals surface area contributed by atoms with E-state index in [0.29, 0.717) is 11.4 Å². The van der Waals surface area contributed by atoms with Crippen molar-refractivity contribution in [3.8, 4) is 0 Å². The van der Waals surface area contributed by atoms with Crippen molar-refractivity contribution in [1.82, 2.24) is 4.90 Å². The Balaban J connectivity index is 2.67. The molecule has 1 rings (SSSR count). The van der Waals surface area contributed by atoms with E-state index in [4.69, 9.17) is 18.0 Å². The van der Waals surface area contributed by atoms with Crippen molar-refractivity contribution in [3.05, 3.63) is 0 Å². The predicted molar refractivity (Wildman–Crippen MR) is 56.4 cm³/mol. The van der Waals surface area contributed by atoms with E-state index in [-0.39, 0.29) is 11.9 Å². The third kappa shape index (κ3) is 2.40. The molecule has 1 fully saturated rings. The van der Waals surface area contributed by atoms with Gasteiger partial charge in [-0.1, -0.05) is 19.1 Å². The zero-order valence-electron chi connectivity index (χ0n) is 7.95. The normalized spacial score (nSPS) is 22.8. The van der Waals surface area contributed by atoms with Crippen molar-refractivity contribution in [2.24, 2.45) is 5.73 Å². The minimum atomic E-state index is 0.0104. The van der Waals surface area contributed by atoms with Crippen molar-refractivity contribution in [2.45, 2.75) is 38.6 Å². The zero-order valence-corrected chi connectivity index (χ0v) is 8.77. The lowest BCUT2D eigenvalue weighted by atomic mass is 10.0. The molecule has 1 aliphatic rings. The van der Waals surface area contributed by atoms with Gasteiger partial charge >= 0.3 is 0 Å². The number of rotatable bonds is 2. The quantitative estimate of drug-likeness (QED) is 0.678. The van der Waals surface area contributed by atoms with Crippen LogP contribution in [0.25, 0.3) is 0 Å². The molecule has 1 amide bonds. The second kappa shape index (κ2) is 4.56. The highest BCUT2D eigenvalue weighted by atomic mass is 32.1. The van der Waals surface area contributed by atoms with Gasteiger partial charge in [0, 0.05) is 13.0 Å². The first kappa shape index (κ1) is 10.4. The second-order valence-corrected chi connectivity index (χ2v) is 3.83. The van der Waals surface area contributed by atoms with Gasteiger partial charge in [0.2, 0.25) is 5.91 Å². The molecule has 74 valence electrons. The number of hydrogen-bond acceptors (Lipinski definition) is 2. The summed E-state index contributed by atoms with van der Waals surface area (Å²) in [5, 5.41) is 0. The van der Waals surface area contributed by atoms with Gasteiger partial charge in [0.15, 0.2) is 0 Å². The van der Waals surface area contributed by atoms with Crippen LogP contribution in [0.4, 0.5) is 0 Å². The first-order valence-electron chi connectivity index (χ1n) is 4.75. The summed E-state index contributed by atoms with van der Waals surface area (Å²) in [6.07, 6.45) is 3.67. The third-order valence-electron chi connectivity index (χ3n) is 2.45. The number of carbonyl (C=O) groups excluding carboxylic acids is 1. The molecule has 2 N–H and O–H groups in total. The number of amides is 1. The first-order valence-corrected chi connectivity index (χ1v) is 5.16. The number of thiocarbonyl (C=S) groups is 1. The number of likely N-dealkylation sites (tertiary alicyclic amines) is 1. The molecule has 1 unspecified atom stereocenters. The van der Waals surface area contributed by atoms with Crippen LogP contribution >= 0.6 is 12.2 Å². The summed E-state index contributed by atoms with van der Waals surface area (Å²) in [5.41, 5.74) is 5.59. The Morgan fingerprint density at radius 3 is 2.85 bits per heavy atom. The third-order valence-corrected chi connectivity index (χ3v) is 2.73. The number of piperidine rings is 1. The van der Waals surface area contributed by atoms with E-state index in [9.17, 15) is 4.79 Å². The van der Waals surface area contributed by atoms with Gasteiger partial charge in [0.05, 0.1) is 11.0 Å². The molecule has 13 heavy (non-hydrogen) atoms. The molecular weight excluding hydrogens is 184 g/mol. The minimum absolute atomic E-state index is 0.0104. The summed E-state index contributed by atoms with van der Waals surface area (Å²) in [5.74, 6) is 0.164. The number of nitrogens with two attached hydrogens (primary N) is 1. The molecule has 1 heterocycles. The summed E-state index contributed by atoms with van der Waals surface area (Å²) in [6, 6.07) is 0.0104. The van der Waals surface area contributed by atoms with E-state index in [2.05, 4.69) is 0 Å². The van der Waals surface area contributed by atoms with E-state index in [1.165, 1.54) is 0 Å². The molecule has 0 spiro atoms. The average Bonchev–Trinajstić information content (AvgIpc) is 2.16. The molecule has 3 nitrogen and oxygen atoms in total. The van der Waals surface area contributed by atoms with Crippen molar-refractivity contribution >= 4 is 23.1 Å². The van der Waals surface area contributed by atoms with Crippen LogP contribution in [0.2, 0.25) is 0 Å². The van der Waals surface area contributed by atoms with Gasteiger partial charge in [-0.3, -0.25) is 4.79 Å². The number of hydrogen-bond donors (Lipinski definition) is 1. The van der Waals surface area contributed by atoms with E-state index in [1.807, 2.05) is 11.8 Å². The number of carbonyl (C=O) groups is 1. The highest BCUT2D eigenvalue weighted by Gasteiger charge is 2.27. The molecule has 1 atom stereocenters. The van der Waals surface area contributed by atoms with E-state index < -0.39 is 0 Å². The molecule has 0 aromatic heterocycles. The predicted octanol–water partition coefficient (Wildman–Crippen LogP) is 1.06. The first-order chi connectivity index (χ1) is 6.16. The molecule has 1 saturated heterocycles. The van der Waals surface area contributed by atoms with Crippen molar-refractivity contribution in [3.63, 3.8) is 0 Å². The largest absolute Gasteiger partial charge is 0.392 e. The van der Waals surface area contributed by atoms with Crippen LogP contribution in [-0.4, -0.2) is 28.4 Å². The minimum Gasteiger partial charge on any atom is -0.392 e. The lowest BCUT2D eigenvalue weighted by Crippen LogP contribution is -2.49. The van der Waals surface area contributed by atoms with Gasteiger partial charge in [0.25, 0.3) is 0 Å². The Kier molecular flexibility index (Phi) is 3.66. The van der Waals surface area contributed by atoms with Crippen molar-refractivity contribution < 1.29 is 4.79 Å². The lowest BCUT2D eigenvalue weighted by Gasteiger charge is -2.34. The molecule has 4 heteroatoms. The fourth-order valence-electron chi connectivity index (χ4n) is 1.73. The van der Waals surface area contributed by atoms with Crippen LogP contribution in [0.1, 0.15) is 32.6 Å². The van der Waals surface area contributed by atoms with Crippen LogP contribution in [-0.2, 0) is 4.79 Å². The van der Waals surface area contributed by atoms with E-state index in [0.717, 1.165) is 25.8 Å². The van der Waals surface area contributed by atoms with E-state index in [1.54, 1.807) is 0 Å². The molecule has 1 aliphatic heterocycles. The van der Waals surface area contributed by atoms with Gasteiger partial charge in [-0.2, -0.15) is 0 Å². The van der Waals surface area contributed by atoms with Crippen LogP contribution in [0.3, 0.4) is 0 Å². The summed E-state index contributed by atoms with van der Waals surface area (Å²) in [7, 11) is 0. The van der Waals surface area contributed by atoms with Gasteiger partial charge in [0.1, 0.15) is 0 Å². The smallest absolute Gasteiger partial charge is 0.222 e. The van der Waals surface area contributed by atoms with E-state index >= 15 is 0 Å². The SMILES string of the molecule is CCC(=O)N1CCCCC1C(N)=S. The van der Waals surface area contributed by atoms with Gasteiger partial charge in [-0.15, -0.1) is 0 Å². The fraction of sp³-hybridized carbons (Fsp3) is 0.778. The molecule has 0 radical (unpaired) electrons. The molecule has 0 aliphatic carbocycles. The Hall–Kier alpha value is -0.640. The molecule has 0 saturated carbocycles. The fourth-order valence-corrected chi connectivity index (χ4v) is 1.97. The number of nitrogens with zero attached hydrogens (tertiary/aromatic N) is 1. The monoisotopic (exact) mass is 200 g/mol. The molecular formula is C9H16N2OS. The second-order valence-electron chi connectivity index (χ2n) is 3.35. The molecule has 0 aromatic rings. The summed E-state index contributed by atoms with van der Waals surface area (Å²) >= 11 is 4.94. The highest BCUT2D eigenvalue weighted by Crippen LogP contribution is 2.17. The standard InChI is InChI=1S/C9H16N2OS/c1-2-8(12)11-6-4-3-5-7(11)9(10)13/h7H,2-6H2,1H3,(H2,10,13). The van der Waals surface area contributed by atoms with Crippen molar-refractivity contribution in [1.29, 1.82) is 0 Å². The van der Waals surface area contributed by atoms with Crippen LogP contribution in [0.5, 0.6) is 0 Å². The molecule has 0 aromatic carbocycles. The summed E-state index contributed by atoms with van der Waals surface area (Å²) < 4.78 is 0. The maximum Gasteiger partial charge on any atom is 0.222 e. The Bertz CT molecular complexity index is 218. The van der Waals surface area contributed by atoms with Crippen LogP contribution in [0, 0.1) is 0 Å². The zero-order chi connectivity index (χ0) is 9.84. The van der Waals surface area contributed by atoms with Crippen molar-refractivity contribution in [2.75, 3.05) is 6.54 Å². The topological polar surface area (TPSA) is 46.3 Å². The summed E-state index contributed by atoms with van der Waals surface area (Å²) in [6.45, 7) is 2.68. The van der Waals surface area contributed by atoms with Gasteiger partial charge in [-0.25, -0.2) is 0 Å². The average molecular weight is 200 g/mol. The van der Waals surface area contributed by atoms with Crippen LogP contribution in [0.15, 0.2) is 0 Å². The maximum atomic E-state index is 11.5. The maximum absolute atomic E-state index is 11.5. The lowest BCUT2D eigenvalue weighted by molar-refractivity contribution is -0.132. The Morgan fingerprint density at radius 2 is 2.31 bits per heavy atom.